The average Bonchev–Trinajstić information content (AvgIpc) is 3.21. The number of aliphatic hydroxyl groups is 1. The second-order valence-electron chi connectivity index (χ2n) is 11.0. The Bertz CT molecular complexity index is 1460. The van der Waals surface area contributed by atoms with Crippen LogP contribution in [0.2, 0.25) is 0 Å². The summed E-state index contributed by atoms with van der Waals surface area (Å²) in [4.78, 5) is 48.6. The van der Waals surface area contributed by atoms with Gasteiger partial charge in [-0.05, 0) is 45.2 Å². The van der Waals surface area contributed by atoms with Gasteiger partial charge in [0.2, 0.25) is 11.4 Å². The van der Waals surface area contributed by atoms with Crippen molar-refractivity contribution in [1.82, 2.24) is 24.8 Å². The molecule has 0 radical (unpaired) electrons. The molecule has 42 heavy (non-hydrogen) atoms. The van der Waals surface area contributed by atoms with E-state index < -0.39 is 23.5 Å². The third-order valence-electron chi connectivity index (χ3n) is 8.45. The number of hydrogen-bond acceptors (Lipinski definition) is 10. The summed E-state index contributed by atoms with van der Waals surface area (Å²) >= 11 is 0. The Labute approximate surface area is 243 Å². The van der Waals surface area contributed by atoms with Crippen LogP contribution in [0.25, 0.3) is 11.0 Å². The Morgan fingerprint density at radius 2 is 1.79 bits per heavy atom. The van der Waals surface area contributed by atoms with E-state index in [0.717, 1.165) is 39.0 Å². The highest BCUT2D eigenvalue weighted by Gasteiger charge is 2.40. The van der Waals surface area contributed by atoms with Gasteiger partial charge in [0, 0.05) is 57.2 Å². The molecule has 224 valence electrons. The number of ether oxygens (including phenoxy) is 1. The van der Waals surface area contributed by atoms with E-state index >= 15 is 0 Å². The number of carbonyl (C=O) groups is 2. The van der Waals surface area contributed by atoms with E-state index in [4.69, 9.17) is 9.84 Å². The molecule has 5 heterocycles. The average molecular weight is 579 g/mol. The fourth-order valence-corrected chi connectivity index (χ4v) is 6.03. The smallest absolute Gasteiger partial charge is 0.341 e. The summed E-state index contributed by atoms with van der Waals surface area (Å²) in [5.41, 5.74) is 0.265. The van der Waals surface area contributed by atoms with Gasteiger partial charge in [-0.3, -0.25) is 4.79 Å². The number of nitrogens with one attached hydrogen (secondary N) is 1. The topological polar surface area (TPSA) is 150 Å². The maximum Gasteiger partial charge on any atom is 0.341 e. The molecular formula is C30H38N6O6. The number of aliphatic hydroxyl groups excluding tert-OH is 1. The monoisotopic (exact) mass is 578 g/mol. The number of hydrogen-bond donors (Lipinski definition) is 3. The molecular weight excluding hydrogens is 540 g/mol. The van der Waals surface area contributed by atoms with Gasteiger partial charge in [-0.25, -0.2) is 14.6 Å². The number of carboxylic acid groups (broad SMARTS) is 1. The first-order chi connectivity index (χ1) is 20.3. The summed E-state index contributed by atoms with van der Waals surface area (Å²) in [5, 5.41) is 22.7. The number of aromatic nitrogens is 3. The number of pyridine rings is 1. The molecule has 4 atom stereocenters. The molecule has 0 aliphatic carbocycles. The van der Waals surface area contributed by atoms with Gasteiger partial charge >= 0.3 is 11.9 Å². The van der Waals surface area contributed by atoms with Crippen LogP contribution in [-0.4, -0.2) is 93.0 Å². The van der Waals surface area contributed by atoms with E-state index in [1.54, 1.807) is 16.7 Å². The van der Waals surface area contributed by atoms with Crippen LogP contribution < -0.4 is 15.6 Å². The molecule has 0 saturated carbocycles. The molecule has 2 aromatic heterocycles. The molecule has 0 spiro atoms. The first-order valence-electron chi connectivity index (χ1n) is 14.5. The van der Waals surface area contributed by atoms with E-state index in [9.17, 15) is 19.5 Å². The third kappa shape index (κ3) is 6.30. The van der Waals surface area contributed by atoms with Crippen molar-refractivity contribution in [3.63, 3.8) is 0 Å². The highest BCUT2D eigenvalue weighted by molar-refractivity contribution is 5.91. The summed E-state index contributed by atoms with van der Waals surface area (Å²) in [5.74, 6) is -1.19. The van der Waals surface area contributed by atoms with Crippen molar-refractivity contribution in [3.05, 3.63) is 64.1 Å². The Kier molecular flexibility index (Phi) is 9.15. The number of carbonyl (C=O) groups excluding carboxylic acids is 1. The summed E-state index contributed by atoms with van der Waals surface area (Å²) in [6, 6.07) is 10.0. The number of nitrogens with zero attached hydrogens (tertiary/aromatic N) is 5. The largest absolute Gasteiger partial charge is 0.477 e. The number of aryl methyl sites for hydroxylation is 1. The van der Waals surface area contributed by atoms with Gasteiger partial charge < -0.3 is 34.6 Å². The lowest BCUT2D eigenvalue weighted by Crippen LogP contribution is -2.44. The Morgan fingerprint density at radius 3 is 2.40 bits per heavy atom. The second kappa shape index (κ2) is 13.0. The number of rotatable bonds is 6. The van der Waals surface area contributed by atoms with Gasteiger partial charge in [0.25, 0.3) is 0 Å². The molecule has 3 N–H and O–H groups in total. The molecule has 3 aromatic rings. The first-order valence-corrected chi connectivity index (χ1v) is 14.5. The molecule has 2 bridgehead atoms. The zero-order valence-corrected chi connectivity index (χ0v) is 24.0. The lowest BCUT2D eigenvalue weighted by molar-refractivity contribution is -0.162. The molecule has 12 nitrogen and oxygen atoms in total. The molecule has 12 heteroatoms. The Hall–Kier alpha value is -3.87. The molecule has 1 aromatic carbocycles. The first kappa shape index (κ1) is 29.6. The van der Waals surface area contributed by atoms with Gasteiger partial charge in [0.05, 0.1) is 5.39 Å². The van der Waals surface area contributed by atoms with Gasteiger partial charge in [-0.1, -0.05) is 30.3 Å². The lowest BCUT2D eigenvalue weighted by Gasteiger charge is -2.36. The SMILES string of the molecule is CCn1cc(C(=O)O)c(=O)c2cnc(N3CCNCC3)nc21.CN1[C@@H]2CC[C@H]1CC(OC(=O)C(O)c1ccccc1)C2. The van der Waals surface area contributed by atoms with E-state index in [2.05, 4.69) is 27.2 Å². The number of esters is 1. The number of carboxylic acids is 1. The third-order valence-corrected chi connectivity index (χ3v) is 8.45. The van der Waals surface area contributed by atoms with Crippen LogP contribution in [-0.2, 0) is 16.1 Å². The van der Waals surface area contributed by atoms with Crippen LogP contribution in [0.4, 0.5) is 5.95 Å². The molecule has 3 fully saturated rings. The number of piperidine rings is 1. The number of piperazine rings is 1. The number of benzene rings is 1. The van der Waals surface area contributed by atoms with Gasteiger partial charge in [-0.15, -0.1) is 0 Å². The van der Waals surface area contributed by atoms with Crippen LogP contribution >= 0.6 is 0 Å². The van der Waals surface area contributed by atoms with Crippen LogP contribution in [0, 0.1) is 0 Å². The van der Waals surface area contributed by atoms with Crippen molar-refractivity contribution in [1.29, 1.82) is 0 Å². The summed E-state index contributed by atoms with van der Waals surface area (Å²) in [6.07, 6.45) is 5.72. The van der Waals surface area contributed by atoms with Crippen molar-refractivity contribution in [2.24, 2.45) is 0 Å². The van der Waals surface area contributed by atoms with Crippen LogP contribution in [0.5, 0.6) is 0 Å². The second-order valence-corrected chi connectivity index (χ2v) is 11.0. The van der Waals surface area contributed by atoms with E-state index in [1.807, 2.05) is 30.0 Å². The standard InChI is InChI=1S/C16H21NO3.C14H17N5O3/c1-17-12-7-8-13(17)10-14(9-12)20-16(19)15(18)11-5-3-2-4-6-11;1-2-18-8-10(13(21)22)11(20)9-7-16-14(17-12(9)18)19-5-3-15-4-6-19/h2-6,12-15,18H,7-10H2,1H3;7-8,15H,2-6H2,1H3,(H,21,22)/t12-,13+,14?,15?;. The molecule has 0 amide bonds. The number of fused-ring (bicyclic) bond motifs is 3. The van der Waals surface area contributed by atoms with Crippen LogP contribution in [0.15, 0.2) is 47.5 Å². The maximum atomic E-state index is 12.2. The van der Waals surface area contributed by atoms with Crippen molar-refractivity contribution in [2.75, 3.05) is 38.1 Å². The van der Waals surface area contributed by atoms with Crippen LogP contribution in [0.1, 0.15) is 54.6 Å². The van der Waals surface area contributed by atoms with Crippen molar-refractivity contribution >= 4 is 28.9 Å². The minimum atomic E-state index is -1.24. The predicted octanol–water partition coefficient (Wildman–Crippen LogP) is 1.81. The zero-order valence-electron chi connectivity index (χ0n) is 24.0. The fraction of sp³-hybridized carbons (Fsp3) is 0.500. The Morgan fingerprint density at radius 1 is 1.12 bits per heavy atom. The maximum absolute atomic E-state index is 12.2. The van der Waals surface area contributed by atoms with Crippen LogP contribution in [0.3, 0.4) is 0 Å². The highest BCUT2D eigenvalue weighted by Crippen LogP contribution is 2.36. The lowest BCUT2D eigenvalue weighted by atomic mass is 10.0. The van der Waals surface area contributed by atoms with Crippen molar-refractivity contribution < 1.29 is 24.5 Å². The molecule has 2 unspecified atom stereocenters. The molecule has 6 rings (SSSR count). The van der Waals surface area contributed by atoms with Gasteiger partial charge in [-0.2, -0.15) is 4.98 Å². The molecule has 3 saturated heterocycles. The highest BCUT2D eigenvalue weighted by atomic mass is 16.6. The molecule has 3 aliphatic rings. The minimum absolute atomic E-state index is 0.0467. The van der Waals surface area contributed by atoms with Crippen molar-refractivity contribution in [3.8, 4) is 0 Å². The van der Waals surface area contributed by atoms with Gasteiger partial charge in [0.15, 0.2) is 6.10 Å². The number of anilines is 1. The van der Waals surface area contributed by atoms with E-state index in [-0.39, 0.29) is 17.1 Å². The minimum Gasteiger partial charge on any atom is -0.477 e. The zero-order chi connectivity index (χ0) is 29.8. The van der Waals surface area contributed by atoms with Gasteiger partial charge in [0.1, 0.15) is 17.3 Å². The van der Waals surface area contributed by atoms with E-state index in [1.165, 1.54) is 25.2 Å². The fourth-order valence-electron chi connectivity index (χ4n) is 6.03. The predicted molar refractivity (Wildman–Crippen MR) is 157 cm³/mol. The summed E-state index contributed by atoms with van der Waals surface area (Å²) < 4.78 is 7.20. The molecule has 3 aliphatic heterocycles. The summed E-state index contributed by atoms with van der Waals surface area (Å²) in [6.45, 7) is 5.72. The Balaban J connectivity index is 0.000000169. The normalized spacial score (nSPS) is 22.7. The van der Waals surface area contributed by atoms with E-state index in [0.29, 0.717) is 35.8 Å². The summed E-state index contributed by atoms with van der Waals surface area (Å²) in [7, 11) is 2.15. The quantitative estimate of drug-likeness (QED) is 0.368. The number of aromatic carboxylic acids is 1. The van der Waals surface area contributed by atoms with Crippen molar-refractivity contribution in [2.45, 2.75) is 63.4 Å².